The van der Waals surface area contributed by atoms with Gasteiger partial charge in [0.15, 0.2) is 5.16 Å². The fourth-order valence-corrected chi connectivity index (χ4v) is 5.23. The summed E-state index contributed by atoms with van der Waals surface area (Å²) >= 11 is 1.21. The molecular weight excluding hydrogens is 553 g/mol. The summed E-state index contributed by atoms with van der Waals surface area (Å²) in [5.74, 6) is -0.484. The van der Waals surface area contributed by atoms with Crippen LogP contribution in [0.3, 0.4) is 0 Å². The number of carbonyl (C=O) groups excluding carboxylic acids is 2. The maximum Gasteiger partial charge on any atom is 0.251 e. The number of aromatic nitrogens is 2. The van der Waals surface area contributed by atoms with Gasteiger partial charge in [0.05, 0.1) is 12.9 Å². The highest BCUT2D eigenvalue weighted by atomic mass is 32.2. The average molecular weight is 588 g/mol. The van der Waals surface area contributed by atoms with Gasteiger partial charge in [0.25, 0.3) is 5.91 Å². The van der Waals surface area contributed by atoms with Gasteiger partial charge in [-0.15, -0.1) is 0 Å². The SMILES string of the molecule is COc1ccc(CN(C(=O)CSc2nc(C)cc(C)n2)C(C(=O)Nc2ccc(N(C)C)cc2)c2ccc(F)cc2)cc1. The average Bonchev–Trinajstić information content (AvgIpc) is 2.96. The predicted octanol–water partition coefficient (Wildman–Crippen LogP) is 5.81. The third-order valence-corrected chi connectivity index (χ3v) is 7.35. The van der Waals surface area contributed by atoms with Crippen molar-refractivity contribution in [2.75, 3.05) is 37.2 Å². The van der Waals surface area contributed by atoms with E-state index in [1.54, 1.807) is 31.4 Å². The van der Waals surface area contributed by atoms with Crippen LogP contribution in [0, 0.1) is 19.7 Å². The number of nitrogens with one attached hydrogen (secondary N) is 1. The van der Waals surface area contributed by atoms with Crippen molar-refractivity contribution in [1.29, 1.82) is 0 Å². The van der Waals surface area contributed by atoms with E-state index in [-0.39, 0.29) is 18.2 Å². The van der Waals surface area contributed by atoms with Gasteiger partial charge in [-0.25, -0.2) is 14.4 Å². The van der Waals surface area contributed by atoms with E-state index in [0.29, 0.717) is 22.2 Å². The summed E-state index contributed by atoms with van der Waals surface area (Å²) in [6, 6.07) is 21.1. The Labute approximate surface area is 249 Å². The highest BCUT2D eigenvalue weighted by molar-refractivity contribution is 7.99. The van der Waals surface area contributed by atoms with Crippen LogP contribution in [-0.2, 0) is 16.1 Å². The molecule has 1 atom stereocenters. The van der Waals surface area contributed by atoms with E-state index >= 15 is 0 Å². The van der Waals surface area contributed by atoms with Crippen molar-refractivity contribution in [3.8, 4) is 5.75 Å². The number of carbonyl (C=O) groups is 2. The lowest BCUT2D eigenvalue weighted by atomic mass is 10.0. The Morgan fingerprint density at radius 2 is 1.55 bits per heavy atom. The standard InChI is InChI=1S/C32H34FN5O3S/c1-21-18-22(2)35-32(34-21)42-20-29(39)38(19-23-6-16-28(41-5)17-7-23)30(24-8-10-25(33)11-9-24)31(40)36-26-12-14-27(15-13-26)37(3)4/h6-18,30H,19-20H2,1-5H3,(H,36,40). The molecule has 0 aliphatic rings. The van der Waals surface area contributed by atoms with E-state index in [2.05, 4.69) is 15.3 Å². The van der Waals surface area contributed by atoms with Crippen LogP contribution in [0.25, 0.3) is 0 Å². The van der Waals surface area contributed by atoms with Gasteiger partial charge in [-0.2, -0.15) is 0 Å². The van der Waals surface area contributed by atoms with Gasteiger partial charge in [-0.3, -0.25) is 9.59 Å². The molecule has 1 unspecified atom stereocenters. The lowest BCUT2D eigenvalue weighted by molar-refractivity contribution is -0.137. The monoisotopic (exact) mass is 587 g/mol. The minimum Gasteiger partial charge on any atom is -0.497 e. The molecule has 0 aliphatic heterocycles. The fraction of sp³-hybridized carbons (Fsp3) is 0.250. The molecule has 10 heteroatoms. The summed E-state index contributed by atoms with van der Waals surface area (Å²) in [7, 11) is 5.45. The molecule has 1 heterocycles. The molecule has 1 aromatic heterocycles. The number of methoxy groups -OCH3 is 1. The molecule has 42 heavy (non-hydrogen) atoms. The normalized spacial score (nSPS) is 11.5. The molecule has 218 valence electrons. The highest BCUT2D eigenvalue weighted by Crippen LogP contribution is 2.28. The molecule has 3 aromatic carbocycles. The number of thioether (sulfide) groups is 1. The van der Waals surface area contributed by atoms with Crippen molar-refractivity contribution < 1.29 is 18.7 Å². The summed E-state index contributed by atoms with van der Waals surface area (Å²) < 4.78 is 19.2. The van der Waals surface area contributed by atoms with E-state index < -0.39 is 17.8 Å². The number of rotatable bonds is 11. The van der Waals surface area contributed by atoms with Crippen LogP contribution in [0.2, 0.25) is 0 Å². The lowest BCUT2D eigenvalue weighted by Gasteiger charge is -2.31. The predicted molar refractivity (Wildman–Crippen MR) is 164 cm³/mol. The van der Waals surface area contributed by atoms with Crippen LogP contribution in [0.4, 0.5) is 15.8 Å². The molecule has 0 saturated heterocycles. The molecule has 0 aliphatic carbocycles. The summed E-state index contributed by atoms with van der Waals surface area (Å²) in [5.41, 5.74) is 4.44. The van der Waals surface area contributed by atoms with Gasteiger partial charge in [-0.05, 0) is 79.6 Å². The van der Waals surface area contributed by atoms with Gasteiger partial charge in [0.1, 0.15) is 17.6 Å². The molecular formula is C32H34FN5O3S. The molecule has 4 rings (SSSR count). The van der Waals surface area contributed by atoms with Crippen LogP contribution in [0.15, 0.2) is 84.0 Å². The summed E-state index contributed by atoms with van der Waals surface area (Å²) in [4.78, 5) is 40.2. The van der Waals surface area contributed by atoms with E-state index in [1.807, 2.05) is 63.2 Å². The first-order valence-electron chi connectivity index (χ1n) is 13.3. The first kappa shape index (κ1) is 30.5. The minimum absolute atomic E-state index is 0.00154. The van der Waals surface area contributed by atoms with Crippen LogP contribution < -0.4 is 15.0 Å². The fourth-order valence-electron chi connectivity index (χ4n) is 4.39. The second-order valence-corrected chi connectivity index (χ2v) is 10.9. The molecule has 0 spiro atoms. The van der Waals surface area contributed by atoms with E-state index in [9.17, 15) is 14.0 Å². The minimum atomic E-state index is -1.05. The van der Waals surface area contributed by atoms with Gasteiger partial charge in [0.2, 0.25) is 5.91 Å². The molecule has 4 aromatic rings. The van der Waals surface area contributed by atoms with Gasteiger partial charge in [-0.1, -0.05) is 36.0 Å². The second kappa shape index (κ2) is 14.0. The number of benzene rings is 3. The Morgan fingerprint density at radius 1 is 0.929 bits per heavy atom. The number of hydrogen-bond donors (Lipinski definition) is 1. The van der Waals surface area contributed by atoms with Gasteiger partial charge in [0, 0.05) is 43.4 Å². The van der Waals surface area contributed by atoms with Crippen LogP contribution in [0.1, 0.15) is 28.6 Å². The van der Waals surface area contributed by atoms with Crippen molar-refractivity contribution in [1.82, 2.24) is 14.9 Å². The zero-order chi connectivity index (χ0) is 30.2. The third kappa shape index (κ3) is 8.07. The van der Waals surface area contributed by atoms with Crippen molar-refractivity contribution in [3.63, 3.8) is 0 Å². The van der Waals surface area contributed by atoms with Crippen LogP contribution >= 0.6 is 11.8 Å². The molecule has 0 radical (unpaired) electrons. The van der Waals surface area contributed by atoms with Crippen molar-refractivity contribution in [3.05, 3.63) is 107 Å². The van der Waals surface area contributed by atoms with Crippen molar-refractivity contribution in [2.45, 2.75) is 31.6 Å². The van der Waals surface area contributed by atoms with Crippen LogP contribution in [0.5, 0.6) is 5.75 Å². The van der Waals surface area contributed by atoms with Gasteiger partial charge < -0.3 is 19.9 Å². The first-order valence-corrected chi connectivity index (χ1v) is 14.3. The summed E-state index contributed by atoms with van der Waals surface area (Å²) in [5, 5.41) is 3.43. The number of aryl methyl sites for hydroxylation is 2. The zero-order valence-electron chi connectivity index (χ0n) is 24.3. The quantitative estimate of drug-likeness (QED) is 0.175. The van der Waals surface area contributed by atoms with Crippen molar-refractivity contribution >= 4 is 35.0 Å². The topological polar surface area (TPSA) is 87.7 Å². The maximum atomic E-state index is 14.0. The molecule has 0 bridgehead atoms. The Hall–Kier alpha value is -4.44. The maximum absolute atomic E-state index is 14.0. The van der Waals surface area contributed by atoms with E-state index in [1.165, 1.54) is 40.9 Å². The van der Waals surface area contributed by atoms with Gasteiger partial charge >= 0.3 is 0 Å². The lowest BCUT2D eigenvalue weighted by Crippen LogP contribution is -2.41. The van der Waals surface area contributed by atoms with E-state index in [4.69, 9.17) is 4.74 Å². The Kier molecular flexibility index (Phi) is 10.1. The van der Waals surface area contributed by atoms with Crippen molar-refractivity contribution in [2.24, 2.45) is 0 Å². The number of ether oxygens (including phenoxy) is 1. The number of nitrogens with zero attached hydrogens (tertiary/aromatic N) is 4. The first-order chi connectivity index (χ1) is 20.1. The second-order valence-electron chi connectivity index (χ2n) is 9.98. The van der Waals surface area contributed by atoms with Crippen LogP contribution in [-0.4, -0.2) is 53.6 Å². The Balaban J connectivity index is 1.69. The zero-order valence-corrected chi connectivity index (χ0v) is 25.1. The summed E-state index contributed by atoms with van der Waals surface area (Å²) in [6.07, 6.45) is 0. The van der Waals surface area contributed by atoms with E-state index in [0.717, 1.165) is 22.6 Å². The summed E-state index contributed by atoms with van der Waals surface area (Å²) in [6.45, 7) is 3.87. The number of halogens is 1. The number of anilines is 2. The molecule has 0 saturated carbocycles. The Bertz CT molecular complexity index is 1490. The number of hydrogen-bond acceptors (Lipinski definition) is 7. The highest BCUT2D eigenvalue weighted by Gasteiger charge is 2.32. The largest absolute Gasteiger partial charge is 0.497 e. The molecule has 1 N–H and O–H groups in total. The molecule has 0 fully saturated rings. The molecule has 2 amide bonds. The molecule has 8 nitrogen and oxygen atoms in total. The number of amides is 2. The smallest absolute Gasteiger partial charge is 0.251 e. The Morgan fingerprint density at radius 3 is 2.12 bits per heavy atom. The third-order valence-electron chi connectivity index (χ3n) is 6.52.